The molecule has 29 heavy (non-hydrogen) atoms. The lowest BCUT2D eigenvalue weighted by Crippen LogP contribution is -2.47. The first-order chi connectivity index (χ1) is 14.1. The molecule has 0 unspecified atom stereocenters. The van der Waals surface area contributed by atoms with Crippen LogP contribution in [0.15, 0.2) is 36.7 Å². The van der Waals surface area contributed by atoms with E-state index in [4.69, 9.17) is 9.47 Å². The Morgan fingerprint density at radius 1 is 1.17 bits per heavy atom. The Balaban J connectivity index is 1.47. The van der Waals surface area contributed by atoms with Crippen LogP contribution in [0.1, 0.15) is 24.2 Å². The van der Waals surface area contributed by atoms with Crippen molar-refractivity contribution in [2.75, 3.05) is 33.4 Å². The molecule has 0 saturated carbocycles. The summed E-state index contributed by atoms with van der Waals surface area (Å²) in [5, 5.41) is 0. The molecule has 7 nitrogen and oxygen atoms in total. The smallest absolute Gasteiger partial charge is 0.260 e. The molecule has 1 amide bonds. The van der Waals surface area contributed by atoms with Crippen LogP contribution in [0.2, 0.25) is 0 Å². The first-order valence-corrected chi connectivity index (χ1v) is 10.4. The maximum absolute atomic E-state index is 12.9. The number of amides is 1. The molecule has 2 atom stereocenters. The minimum Gasteiger partial charge on any atom is -0.483 e. The van der Waals surface area contributed by atoms with Gasteiger partial charge in [-0.2, -0.15) is 0 Å². The lowest BCUT2D eigenvalue weighted by molar-refractivity contribution is -0.136. The Morgan fingerprint density at radius 3 is 2.86 bits per heavy atom. The van der Waals surface area contributed by atoms with Gasteiger partial charge in [-0.05, 0) is 30.9 Å². The number of fused-ring (bicyclic) bond motifs is 2. The quantitative estimate of drug-likeness (QED) is 0.773. The normalized spacial score (nSPS) is 24.1. The second-order valence-electron chi connectivity index (χ2n) is 7.98. The first-order valence-electron chi connectivity index (χ1n) is 10.4. The van der Waals surface area contributed by atoms with E-state index >= 15 is 0 Å². The number of carbonyl (C=O) groups excluding carboxylic acids is 1. The molecule has 1 fully saturated rings. The summed E-state index contributed by atoms with van der Waals surface area (Å²) in [5.41, 5.74) is 1.16. The van der Waals surface area contributed by atoms with Gasteiger partial charge in [-0.15, -0.1) is 0 Å². The molecule has 156 valence electrons. The molecule has 0 radical (unpaired) electrons. The molecular weight excluding hydrogens is 368 g/mol. The van der Waals surface area contributed by atoms with Gasteiger partial charge < -0.3 is 18.9 Å². The Kier molecular flexibility index (Phi) is 6.16. The zero-order chi connectivity index (χ0) is 20.2. The van der Waals surface area contributed by atoms with Crippen molar-refractivity contribution in [3.63, 3.8) is 0 Å². The Bertz CT molecular complexity index is 837. The number of ether oxygens (including phenoxy) is 2. The van der Waals surface area contributed by atoms with Gasteiger partial charge in [0.1, 0.15) is 11.6 Å². The van der Waals surface area contributed by atoms with Gasteiger partial charge in [0.15, 0.2) is 6.61 Å². The van der Waals surface area contributed by atoms with E-state index in [1.165, 1.54) is 0 Å². The third kappa shape index (κ3) is 4.62. The van der Waals surface area contributed by atoms with E-state index in [-0.39, 0.29) is 24.7 Å². The Labute approximate surface area is 172 Å². The van der Waals surface area contributed by atoms with Crippen molar-refractivity contribution in [2.24, 2.45) is 7.05 Å². The molecule has 7 heteroatoms. The summed E-state index contributed by atoms with van der Waals surface area (Å²) in [4.78, 5) is 21.4. The maximum Gasteiger partial charge on any atom is 0.260 e. The van der Waals surface area contributed by atoms with E-state index in [2.05, 4.69) is 16.0 Å². The second-order valence-corrected chi connectivity index (χ2v) is 7.98. The van der Waals surface area contributed by atoms with Crippen molar-refractivity contribution in [2.45, 2.75) is 38.0 Å². The molecule has 2 aliphatic rings. The summed E-state index contributed by atoms with van der Waals surface area (Å²) in [5.74, 6) is 1.82. The molecule has 2 aliphatic heterocycles. The predicted octanol–water partition coefficient (Wildman–Crippen LogP) is 1.86. The van der Waals surface area contributed by atoms with Gasteiger partial charge in [-0.3, -0.25) is 9.69 Å². The third-order valence-corrected chi connectivity index (χ3v) is 5.99. The lowest BCUT2D eigenvalue weighted by atomic mass is 10.1. The van der Waals surface area contributed by atoms with Crippen molar-refractivity contribution >= 4 is 5.91 Å². The number of likely N-dealkylation sites (N-methyl/N-ethyl adjacent to an activating group) is 1. The number of aryl methyl sites for hydroxylation is 2. The zero-order valence-corrected chi connectivity index (χ0v) is 17.3. The van der Waals surface area contributed by atoms with Crippen LogP contribution < -0.4 is 4.74 Å². The van der Waals surface area contributed by atoms with Gasteiger partial charge in [-0.1, -0.05) is 18.2 Å². The largest absolute Gasteiger partial charge is 0.483 e. The Hall–Kier alpha value is -2.38. The third-order valence-electron chi connectivity index (χ3n) is 5.99. The lowest BCUT2D eigenvalue weighted by Gasteiger charge is -2.29. The molecule has 1 aromatic heterocycles. The highest BCUT2D eigenvalue weighted by molar-refractivity contribution is 5.78. The number of aromatic nitrogens is 2. The van der Waals surface area contributed by atoms with Crippen LogP contribution in [0.25, 0.3) is 0 Å². The molecular formula is C22H30N4O3. The van der Waals surface area contributed by atoms with E-state index in [0.29, 0.717) is 6.61 Å². The average molecular weight is 399 g/mol. The van der Waals surface area contributed by atoms with Crippen LogP contribution in [-0.2, 0) is 29.5 Å². The van der Waals surface area contributed by atoms with E-state index in [1.54, 1.807) is 0 Å². The summed E-state index contributed by atoms with van der Waals surface area (Å²) >= 11 is 0. The molecule has 0 N–H and O–H groups in total. The fourth-order valence-corrected chi connectivity index (χ4v) is 4.18. The summed E-state index contributed by atoms with van der Waals surface area (Å²) in [6.07, 6.45) is 6.75. The number of carbonyl (C=O) groups is 1. The number of rotatable bonds is 2. The molecule has 0 bridgehead atoms. The number of imidazole rings is 1. The fourth-order valence-electron chi connectivity index (χ4n) is 4.18. The van der Waals surface area contributed by atoms with E-state index < -0.39 is 0 Å². The molecule has 4 rings (SSSR count). The van der Waals surface area contributed by atoms with Crippen LogP contribution >= 0.6 is 0 Å². The summed E-state index contributed by atoms with van der Waals surface area (Å²) in [6, 6.07) is 8.02. The average Bonchev–Trinajstić information content (AvgIpc) is 3.31. The van der Waals surface area contributed by atoms with Gasteiger partial charge in [-0.25, -0.2) is 4.98 Å². The van der Waals surface area contributed by atoms with Gasteiger partial charge in [0.05, 0.1) is 18.7 Å². The summed E-state index contributed by atoms with van der Waals surface area (Å²) < 4.78 is 14.2. The van der Waals surface area contributed by atoms with Gasteiger partial charge >= 0.3 is 0 Å². The fraction of sp³-hybridized carbons (Fsp3) is 0.545. The van der Waals surface area contributed by atoms with E-state index in [1.807, 2.05) is 54.2 Å². The standard InChI is InChI=1S/C22H30N4O3/c1-24-11-10-23-21(24)15-26-13-18-20(14-26)28-12-6-5-8-17-7-3-4-9-19(17)29-16-22(27)25(18)2/h3-4,7,9-11,18,20H,5-6,8,12-16H2,1-2H3/t18-,20+/m0/s1. The highest BCUT2D eigenvalue weighted by Gasteiger charge is 2.38. The highest BCUT2D eigenvalue weighted by Crippen LogP contribution is 2.24. The van der Waals surface area contributed by atoms with Crippen LogP contribution in [0.3, 0.4) is 0 Å². The highest BCUT2D eigenvalue weighted by atomic mass is 16.5. The Morgan fingerprint density at radius 2 is 2.03 bits per heavy atom. The number of para-hydroxylation sites is 1. The topological polar surface area (TPSA) is 59.8 Å². The van der Waals surface area contributed by atoms with Gasteiger partial charge in [0.25, 0.3) is 5.91 Å². The van der Waals surface area contributed by atoms with Crippen LogP contribution in [-0.4, -0.2) is 70.8 Å². The summed E-state index contributed by atoms with van der Waals surface area (Å²) in [6.45, 7) is 3.09. The van der Waals surface area contributed by atoms with E-state index in [9.17, 15) is 4.79 Å². The zero-order valence-electron chi connectivity index (χ0n) is 17.3. The van der Waals surface area contributed by atoms with Crippen molar-refractivity contribution in [3.8, 4) is 5.75 Å². The SMILES string of the molecule is CN1C(=O)COc2ccccc2CCCCO[C@@H]2CN(Cc3nccn3C)C[C@@H]21. The molecule has 1 saturated heterocycles. The molecule has 1 aromatic carbocycles. The molecule has 3 heterocycles. The van der Waals surface area contributed by atoms with Crippen LogP contribution in [0, 0.1) is 0 Å². The number of hydrogen-bond donors (Lipinski definition) is 0. The number of likely N-dealkylation sites (tertiary alicyclic amines) is 1. The van der Waals surface area contributed by atoms with Crippen LogP contribution in [0.4, 0.5) is 0 Å². The minimum atomic E-state index is -0.0171. The number of nitrogens with zero attached hydrogens (tertiary/aromatic N) is 4. The van der Waals surface area contributed by atoms with Crippen molar-refractivity contribution in [3.05, 3.63) is 48.0 Å². The molecule has 2 aromatic rings. The predicted molar refractivity (Wildman–Crippen MR) is 110 cm³/mol. The minimum absolute atomic E-state index is 0.00680. The van der Waals surface area contributed by atoms with E-state index in [0.717, 1.165) is 56.0 Å². The molecule has 0 spiro atoms. The number of benzene rings is 1. The van der Waals surface area contributed by atoms with Gasteiger partial charge in [0, 0.05) is 46.2 Å². The maximum atomic E-state index is 12.9. The monoisotopic (exact) mass is 398 g/mol. The molecule has 0 aliphatic carbocycles. The van der Waals surface area contributed by atoms with Gasteiger partial charge in [0.2, 0.25) is 0 Å². The number of hydrogen-bond acceptors (Lipinski definition) is 5. The first kappa shape index (κ1) is 19.9. The van der Waals surface area contributed by atoms with Crippen molar-refractivity contribution in [1.29, 1.82) is 0 Å². The summed E-state index contributed by atoms with van der Waals surface area (Å²) in [7, 11) is 3.87. The van der Waals surface area contributed by atoms with Crippen molar-refractivity contribution < 1.29 is 14.3 Å². The van der Waals surface area contributed by atoms with Crippen molar-refractivity contribution in [1.82, 2.24) is 19.4 Å². The van der Waals surface area contributed by atoms with Crippen LogP contribution in [0.5, 0.6) is 5.75 Å². The second kappa shape index (κ2) is 8.97.